The number of carboxylic acid groups (broad SMARTS) is 1. The summed E-state index contributed by atoms with van der Waals surface area (Å²) in [5.41, 5.74) is 1.22. The first-order chi connectivity index (χ1) is 7.27. The largest absolute Gasteiger partial charge is 0.481 e. The molecule has 1 aliphatic carbocycles. The van der Waals surface area contributed by atoms with Gasteiger partial charge in [0.15, 0.2) is 0 Å². The molecule has 1 saturated carbocycles. The fourth-order valence-electron chi connectivity index (χ4n) is 1.46. The van der Waals surface area contributed by atoms with E-state index in [0.29, 0.717) is 11.8 Å². The third kappa shape index (κ3) is 2.99. The summed E-state index contributed by atoms with van der Waals surface area (Å²) in [5, 5.41) is 8.49. The van der Waals surface area contributed by atoms with Gasteiger partial charge in [-0.15, -0.1) is 0 Å². The highest BCUT2D eigenvalue weighted by molar-refractivity contribution is 7.98. The number of hydrogen-bond donors (Lipinski definition) is 1. The highest BCUT2D eigenvalue weighted by Gasteiger charge is 2.24. The average Bonchev–Trinajstić information content (AvgIpc) is 2.93. The third-order valence-corrected chi connectivity index (χ3v) is 3.39. The Morgan fingerprint density at radius 2 is 2.47 bits per heavy atom. The van der Waals surface area contributed by atoms with Crippen molar-refractivity contribution in [2.24, 2.45) is 0 Å². The van der Waals surface area contributed by atoms with E-state index in [0.717, 1.165) is 5.75 Å². The van der Waals surface area contributed by atoms with Crippen molar-refractivity contribution in [3.8, 4) is 0 Å². The normalized spacial score (nSPS) is 15.5. The molecule has 4 nitrogen and oxygen atoms in total. The summed E-state index contributed by atoms with van der Waals surface area (Å²) in [6.45, 7) is 0. The molecule has 0 bridgehead atoms. The molecule has 1 N–H and O–H groups in total. The Morgan fingerprint density at radius 1 is 1.67 bits per heavy atom. The SMILES string of the molecule is O=C(O)CCSCc1cncn1C1CC1. The summed E-state index contributed by atoms with van der Waals surface area (Å²) in [4.78, 5) is 14.4. The Hall–Kier alpha value is -0.970. The van der Waals surface area contributed by atoms with Crippen molar-refractivity contribution in [3.63, 3.8) is 0 Å². The first-order valence-corrected chi connectivity index (χ1v) is 6.23. The Balaban J connectivity index is 1.77. The number of aliphatic carboxylic acids is 1. The standard InChI is InChI=1S/C10H14N2O2S/c13-10(14)3-4-15-6-9-5-11-7-12(9)8-1-2-8/h5,7-8H,1-4,6H2,(H,13,14). The number of thioether (sulfide) groups is 1. The molecule has 0 unspecified atom stereocenters. The van der Waals surface area contributed by atoms with Crippen LogP contribution >= 0.6 is 11.8 Å². The Morgan fingerprint density at radius 3 is 3.13 bits per heavy atom. The van der Waals surface area contributed by atoms with Crippen LogP contribution in [0.3, 0.4) is 0 Å². The molecule has 0 atom stereocenters. The van der Waals surface area contributed by atoms with Crippen LogP contribution in [0, 0.1) is 0 Å². The van der Waals surface area contributed by atoms with E-state index in [9.17, 15) is 4.79 Å². The highest BCUT2D eigenvalue weighted by atomic mass is 32.2. The van der Waals surface area contributed by atoms with Crippen LogP contribution < -0.4 is 0 Å². The van der Waals surface area contributed by atoms with E-state index in [-0.39, 0.29) is 6.42 Å². The molecule has 2 rings (SSSR count). The maximum absolute atomic E-state index is 10.3. The first kappa shape index (κ1) is 10.5. The molecule has 0 aliphatic heterocycles. The molecule has 5 heteroatoms. The lowest BCUT2D eigenvalue weighted by Crippen LogP contribution is -1.99. The summed E-state index contributed by atoms with van der Waals surface area (Å²) >= 11 is 1.66. The second kappa shape index (κ2) is 4.70. The van der Waals surface area contributed by atoms with Crippen LogP contribution in [-0.4, -0.2) is 26.4 Å². The molecule has 15 heavy (non-hydrogen) atoms. The van der Waals surface area contributed by atoms with Crippen molar-refractivity contribution in [3.05, 3.63) is 18.2 Å². The lowest BCUT2D eigenvalue weighted by atomic mass is 10.5. The number of hydrogen-bond acceptors (Lipinski definition) is 3. The zero-order valence-corrected chi connectivity index (χ0v) is 9.24. The van der Waals surface area contributed by atoms with Gasteiger partial charge in [-0.05, 0) is 12.8 Å². The van der Waals surface area contributed by atoms with Gasteiger partial charge in [-0.25, -0.2) is 4.98 Å². The highest BCUT2D eigenvalue weighted by Crippen LogP contribution is 2.36. The van der Waals surface area contributed by atoms with Crippen LogP contribution in [0.4, 0.5) is 0 Å². The smallest absolute Gasteiger partial charge is 0.304 e. The lowest BCUT2D eigenvalue weighted by molar-refractivity contribution is -0.136. The molecule has 1 aromatic heterocycles. The van der Waals surface area contributed by atoms with Crippen LogP contribution in [0.1, 0.15) is 31.0 Å². The van der Waals surface area contributed by atoms with E-state index in [2.05, 4.69) is 9.55 Å². The number of carbonyl (C=O) groups is 1. The van der Waals surface area contributed by atoms with Crippen molar-refractivity contribution in [2.75, 3.05) is 5.75 Å². The van der Waals surface area contributed by atoms with Crippen molar-refractivity contribution in [1.82, 2.24) is 9.55 Å². The minimum Gasteiger partial charge on any atom is -0.481 e. The van der Waals surface area contributed by atoms with Crippen molar-refractivity contribution < 1.29 is 9.90 Å². The van der Waals surface area contributed by atoms with Gasteiger partial charge in [0, 0.05) is 29.4 Å². The third-order valence-electron chi connectivity index (χ3n) is 2.40. The van der Waals surface area contributed by atoms with Gasteiger partial charge in [-0.1, -0.05) is 0 Å². The minimum atomic E-state index is -0.724. The summed E-state index contributed by atoms with van der Waals surface area (Å²) in [5.74, 6) is 0.813. The van der Waals surface area contributed by atoms with Crippen LogP contribution in [-0.2, 0) is 10.5 Å². The van der Waals surface area contributed by atoms with Crippen LogP contribution in [0.2, 0.25) is 0 Å². The number of imidazole rings is 1. The molecule has 1 aromatic rings. The first-order valence-electron chi connectivity index (χ1n) is 5.07. The molecule has 0 amide bonds. The minimum absolute atomic E-state index is 0.238. The van der Waals surface area contributed by atoms with Gasteiger partial charge in [0.05, 0.1) is 12.7 Å². The zero-order chi connectivity index (χ0) is 10.7. The van der Waals surface area contributed by atoms with Gasteiger partial charge in [-0.2, -0.15) is 11.8 Å². The van der Waals surface area contributed by atoms with Gasteiger partial charge in [-0.3, -0.25) is 4.79 Å². The van der Waals surface area contributed by atoms with Gasteiger partial charge in [0.25, 0.3) is 0 Å². The predicted molar refractivity (Wildman–Crippen MR) is 58.9 cm³/mol. The fraction of sp³-hybridized carbons (Fsp3) is 0.600. The van der Waals surface area contributed by atoms with E-state index < -0.39 is 5.97 Å². The van der Waals surface area contributed by atoms with Gasteiger partial charge in [0.2, 0.25) is 0 Å². The second-order valence-corrected chi connectivity index (χ2v) is 4.82. The van der Waals surface area contributed by atoms with Crippen molar-refractivity contribution in [2.45, 2.75) is 31.1 Å². The van der Waals surface area contributed by atoms with Crippen LogP contribution in [0.5, 0.6) is 0 Å². The van der Waals surface area contributed by atoms with E-state index in [1.54, 1.807) is 11.8 Å². The zero-order valence-electron chi connectivity index (χ0n) is 8.43. The summed E-state index contributed by atoms with van der Waals surface area (Å²) in [7, 11) is 0. The number of carboxylic acids is 1. The predicted octanol–water partition coefficient (Wildman–Crippen LogP) is 1.93. The molecular formula is C10H14N2O2S. The van der Waals surface area contributed by atoms with E-state index >= 15 is 0 Å². The fourth-order valence-corrected chi connectivity index (χ4v) is 2.36. The molecular weight excluding hydrogens is 212 g/mol. The van der Waals surface area contributed by atoms with Crippen LogP contribution in [0.25, 0.3) is 0 Å². The summed E-state index contributed by atoms with van der Waals surface area (Å²) < 4.78 is 2.22. The summed E-state index contributed by atoms with van der Waals surface area (Å²) in [6.07, 6.45) is 6.51. The van der Waals surface area contributed by atoms with Crippen molar-refractivity contribution in [1.29, 1.82) is 0 Å². The lowest BCUT2D eigenvalue weighted by Gasteiger charge is -2.05. The van der Waals surface area contributed by atoms with Gasteiger partial charge < -0.3 is 9.67 Å². The average molecular weight is 226 g/mol. The van der Waals surface area contributed by atoms with Gasteiger partial charge in [0.1, 0.15) is 0 Å². The Labute approximate surface area is 92.7 Å². The molecule has 1 heterocycles. The van der Waals surface area contributed by atoms with E-state index in [1.165, 1.54) is 18.5 Å². The van der Waals surface area contributed by atoms with Crippen molar-refractivity contribution >= 4 is 17.7 Å². The topological polar surface area (TPSA) is 55.1 Å². The number of nitrogens with zero attached hydrogens (tertiary/aromatic N) is 2. The number of rotatable bonds is 6. The monoisotopic (exact) mass is 226 g/mol. The van der Waals surface area contributed by atoms with Gasteiger partial charge >= 0.3 is 5.97 Å². The Kier molecular flexibility index (Phi) is 3.30. The molecule has 0 spiro atoms. The molecule has 0 saturated heterocycles. The maximum atomic E-state index is 10.3. The molecule has 1 aliphatic rings. The maximum Gasteiger partial charge on any atom is 0.304 e. The molecule has 0 radical (unpaired) electrons. The molecule has 82 valence electrons. The Bertz CT molecular complexity index is 347. The van der Waals surface area contributed by atoms with E-state index in [1.807, 2.05) is 12.5 Å². The second-order valence-electron chi connectivity index (χ2n) is 3.72. The quantitative estimate of drug-likeness (QED) is 0.753. The molecule has 0 aromatic carbocycles. The summed E-state index contributed by atoms with van der Waals surface area (Å²) in [6, 6.07) is 0.655. The number of aromatic nitrogens is 2. The van der Waals surface area contributed by atoms with E-state index in [4.69, 9.17) is 5.11 Å². The van der Waals surface area contributed by atoms with Crippen LogP contribution in [0.15, 0.2) is 12.5 Å². The molecule has 1 fully saturated rings.